The molecule has 0 heterocycles. The number of benzene rings is 1. The Kier molecular flexibility index (Phi) is 8.20. The molecule has 0 saturated heterocycles. The Hall–Kier alpha value is -2.29. The molecule has 0 bridgehead atoms. The maximum absolute atomic E-state index is 11.9. The molecule has 0 spiro atoms. The fourth-order valence-corrected chi connectivity index (χ4v) is 2.04. The third kappa shape index (κ3) is 8.94. The number of rotatable bonds is 9. The minimum absolute atomic E-state index is 0.0504. The average molecular weight is 362 g/mol. The molecule has 9 heteroatoms. The van der Waals surface area contributed by atoms with Gasteiger partial charge in [0.25, 0.3) is 0 Å². The third-order valence-electron chi connectivity index (χ3n) is 3.12. The summed E-state index contributed by atoms with van der Waals surface area (Å²) in [6, 6.07) is 6.29. The van der Waals surface area contributed by atoms with Gasteiger partial charge >= 0.3 is 6.18 Å². The van der Waals surface area contributed by atoms with Crippen LogP contribution < -0.4 is 15.4 Å². The number of alkyl halides is 3. The lowest BCUT2D eigenvalue weighted by Crippen LogP contribution is -2.34. The molecule has 1 atom stereocenters. The van der Waals surface area contributed by atoms with E-state index in [9.17, 15) is 22.8 Å². The van der Waals surface area contributed by atoms with Crippen molar-refractivity contribution in [1.82, 2.24) is 10.6 Å². The van der Waals surface area contributed by atoms with Crippen LogP contribution >= 0.6 is 0 Å². The van der Waals surface area contributed by atoms with Crippen LogP contribution in [-0.2, 0) is 14.3 Å². The van der Waals surface area contributed by atoms with Gasteiger partial charge in [-0.3, -0.25) is 9.59 Å². The van der Waals surface area contributed by atoms with E-state index in [1.54, 1.807) is 24.3 Å². The average Bonchev–Trinajstić information content (AvgIpc) is 2.52. The molecule has 0 aliphatic rings. The molecule has 1 aromatic carbocycles. The molecule has 0 radical (unpaired) electrons. The summed E-state index contributed by atoms with van der Waals surface area (Å²) in [6.07, 6.45) is -4.44. The number of hydrogen-bond acceptors (Lipinski definition) is 4. The van der Waals surface area contributed by atoms with Gasteiger partial charge in [0, 0.05) is 13.5 Å². The molecular formula is C16H21F3N2O4. The number of methoxy groups -OCH3 is 1. The molecule has 2 N–H and O–H groups in total. The highest BCUT2D eigenvalue weighted by Gasteiger charge is 2.27. The molecule has 25 heavy (non-hydrogen) atoms. The molecular weight excluding hydrogens is 341 g/mol. The molecule has 2 amide bonds. The van der Waals surface area contributed by atoms with Gasteiger partial charge in [-0.05, 0) is 17.7 Å². The first-order chi connectivity index (χ1) is 11.7. The number of halogens is 3. The molecule has 0 saturated carbocycles. The Balaban J connectivity index is 2.51. The summed E-state index contributed by atoms with van der Waals surface area (Å²) in [4.78, 5) is 23.3. The van der Waals surface area contributed by atoms with Crippen molar-refractivity contribution in [3.8, 4) is 5.75 Å². The summed E-state index contributed by atoms with van der Waals surface area (Å²) in [5.41, 5.74) is 0.708. The third-order valence-corrected chi connectivity index (χ3v) is 3.12. The monoisotopic (exact) mass is 362 g/mol. The normalized spacial score (nSPS) is 12.4. The number of hydrogen-bond donors (Lipinski definition) is 2. The van der Waals surface area contributed by atoms with E-state index in [4.69, 9.17) is 4.74 Å². The maximum atomic E-state index is 11.9. The Bertz CT molecular complexity index is 561. The second-order valence-electron chi connectivity index (χ2n) is 5.25. The van der Waals surface area contributed by atoms with Crippen molar-refractivity contribution < 1.29 is 32.2 Å². The number of ether oxygens (including phenoxy) is 2. The van der Waals surface area contributed by atoms with E-state index < -0.39 is 24.7 Å². The van der Waals surface area contributed by atoms with Gasteiger partial charge in [0.2, 0.25) is 11.8 Å². The molecule has 6 nitrogen and oxygen atoms in total. The molecule has 0 aliphatic heterocycles. The van der Waals surface area contributed by atoms with E-state index in [1.165, 1.54) is 14.0 Å². The van der Waals surface area contributed by atoms with E-state index in [0.717, 1.165) is 0 Å². The van der Waals surface area contributed by atoms with E-state index >= 15 is 0 Å². The predicted molar refractivity (Wildman–Crippen MR) is 84.1 cm³/mol. The first-order valence-electron chi connectivity index (χ1n) is 7.53. The predicted octanol–water partition coefficient (Wildman–Crippen LogP) is 1.96. The van der Waals surface area contributed by atoms with Gasteiger partial charge in [0.05, 0.1) is 26.2 Å². The fraction of sp³-hybridized carbons (Fsp3) is 0.500. The van der Waals surface area contributed by atoms with Crippen LogP contribution in [0, 0.1) is 0 Å². The van der Waals surface area contributed by atoms with Crippen molar-refractivity contribution in [3.63, 3.8) is 0 Å². The van der Waals surface area contributed by atoms with Crippen LogP contribution in [0.15, 0.2) is 24.3 Å². The topological polar surface area (TPSA) is 76.7 Å². The van der Waals surface area contributed by atoms with Crippen LogP contribution in [-0.4, -0.2) is 44.9 Å². The highest BCUT2D eigenvalue weighted by Crippen LogP contribution is 2.20. The number of amides is 2. The number of carbonyl (C=O) groups excluding carboxylic acids is 2. The Morgan fingerprint density at radius 3 is 2.36 bits per heavy atom. The summed E-state index contributed by atoms with van der Waals surface area (Å²) in [6.45, 7) is -0.328. The lowest BCUT2D eigenvalue weighted by atomic mass is 10.0. The smallest absolute Gasteiger partial charge is 0.411 e. The van der Waals surface area contributed by atoms with Crippen molar-refractivity contribution in [2.75, 3.05) is 26.9 Å². The van der Waals surface area contributed by atoms with E-state index in [-0.39, 0.29) is 25.5 Å². The van der Waals surface area contributed by atoms with Gasteiger partial charge in [-0.15, -0.1) is 0 Å². The summed E-state index contributed by atoms with van der Waals surface area (Å²) in [5, 5.41) is 5.12. The summed E-state index contributed by atoms with van der Waals surface area (Å²) >= 11 is 0. The van der Waals surface area contributed by atoms with Crippen molar-refractivity contribution in [2.24, 2.45) is 0 Å². The van der Waals surface area contributed by atoms with Gasteiger partial charge in [-0.2, -0.15) is 13.2 Å². The van der Waals surface area contributed by atoms with Gasteiger partial charge in [-0.25, -0.2) is 0 Å². The van der Waals surface area contributed by atoms with Crippen LogP contribution in [0.25, 0.3) is 0 Å². The number of nitrogens with one attached hydrogen (secondary N) is 2. The second kappa shape index (κ2) is 9.87. The highest BCUT2D eigenvalue weighted by atomic mass is 19.4. The van der Waals surface area contributed by atoms with E-state index in [1.807, 2.05) is 0 Å². The minimum Gasteiger partial charge on any atom is -0.497 e. The van der Waals surface area contributed by atoms with Gasteiger partial charge in [0.15, 0.2) is 0 Å². The summed E-state index contributed by atoms with van der Waals surface area (Å²) < 4.78 is 45.2. The van der Waals surface area contributed by atoms with Gasteiger partial charge in [0.1, 0.15) is 12.4 Å². The van der Waals surface area contributed by atoms with Gasteiger partial charge < -0.3 is 20.1 Å². The van der Waals surface area contributed by atoms with Crippen molar-refractivity contribution in [3.05, 3.63) is 29.8 Å². The van der Waals surface area contributed by atoms with Crippen LogP contribution in [0.5, 0.6) is 5.75 Å². The molecule has 1 unspecified atom stereocenters. The maximum Gasteiger partial charge on any atom is 0.411 e. The minimum atomic E-state index is -4.39. The summed E-state index contributed by atoms with van der Waals surface area (Å²) in [7, 11) is 1.52. The molecule has 1 aromatic rings. The van der Waals surface area contributed by atoms with E-state index in [0.29, 0.717) is 11.3 Å². The first-order valence-corrected chi connectivity index (χ1v) is 7.53. The lowest BCUT2D eigenvalue weighted by molar-refractivity contribution is -0.173. The van der Waals surface area contributed by atoms with Gasteiger partial charge in [-0.1, -0.05) is 12.1 Å². The quantitative estimate of drug-likeness (QED) is 0.659. The largest absolute Gasteiger partial charge is 0.497 e. The molecule has 140 valence electrons. The standard InChI is InChI=1S/C16H21F3N2O4/c1-11(22)21-14(12-3-5-13(24-2)6-4-12)9-15(23)20-7-8-25-10-16(17,18)19/h3-6,14H,7-10H2,1-2H3,(H,20,23)(H,21,22). The number of carbonyl (C=O) groups is 2. The molecule has 1 rings (SSSR count). The van der Waals surface area contributed by atoms with Crippen LogP contribution in [0.2, 0.25) is 0 Å². The second-order valence-corrected chi connectivity index (χ2v) is 5.25. The molecule has 0 aromatic heterocycles. The van der Waals surface area contributed by atoms with Crippen LogP contribution in [0.3, 0.4) is 0 Å². The Morgan fingerprint density at radius 1 is 1.20 bits per heavy atom. The van der Waals surface area contributed by atoms with E-state index in [2.05, 4.69) is 15.4 Å². The lowest BCUT2D eigenvalue weighted by Gasteiger charge is -2.18. The molecule has 0 aliphatic carbocycles. The Labute approximate surface area is 143 Å². The zero-order chi connectivity index (χ0) is 18.9. The van der Waals surface area contributed by atoms with Crippen molar-refractivity contribution in [1.29, 1.82) is 0 Å². The summed E-state index contributed by atoms with van der Waals surface area (Å²) in [5.74, 6) is -0.0797. The SMILES string of the molecule is COc1ccc(C(CC(=O)NCCOCC(F)(F)F)NC(C)=O)cc1. The zero-order valence-corrected chi connectivity index (χ0v) is 14.0. The molecule has 0 fully saturated rings. The van der Waals surface area contributed by atoms with Crippen LogP contribution in [0.4, 0.5) is 13.2 Å². The van der Waals surface area contributed by atoms with Crippen molar-refractivity contribution >= 4 is 11.8 Å². The first kappa shape index (κ1) is 20.8. The Morgan fingerprint density at radius 2 is 1.84 bits per heavy atom. The highest BCUT2D eigenvalue weighted by molar-refractivity contribution is 5.79. The zero-order valence-electron chi connectivity index (χ0n) is 14.0. The van der Waals surface area contributed by atoms with Crippen molar-refractivity contribution in [2.45, 2.75) is 25.6 Å². The fourth-order valence-electron chi connectivity index (χ4n) is 2.04. The van der Waals surface area contributed by atoms with Crippen LogP contribution in [0.1, 0.15) is 24.9 Å².